The Hall–Kier alpha value is -1.89. The summed E-state index contributed by atoms with van der Waals surface area (Å²) in [6.45, 7) is 7.30. The third-order valence-electron chi connectivity index (χ3n) is 3.88. The number of carbonyl (C=O) groups excluding carboxylic acids is 1. The highest BCUT2D eigenvalue weighted by Crippen LogP contribution is 2.23. The number of carboxylic acid groups (broad SMARTS) is 1. The van der Waals surface area contributed by atoms with Crippen LogP contribution in [0.15, 0.2) is 12.3 Å². The number of aliphatic carboxylic acids is 1. The van der Waals surface area contributed by atoms with Crippen LogP contribution in [0.3, 0.4) is 0 Å². The molecule has 7 heteroatoms. The number of aromatic nitrogens is 2. The summed E-state index contributed by atoms with van der Waals surface area (Å²) in [4.78, 5) is 24.8. The molecule has 21 heavy (non-hydrogen) atoms. The summed E-state index contributed by atoms with van der Waals surface area (Å²) in [5.74, 6) is -0.405. The van der Waals surface area contributed by atoms with E-state index >= 15 is 0 Å². The third-order valence-corrected chi connectivity index (χ3v) is 3.88. The Morgan fingerprint density at radius 3 is 2.67 bits per heavy atom. The van der Waals surface area contributed by atoms with Gasteiger partial charge in [0.05, 0.1) is 18.7 Å². The van der Waals surface area contributed by atoms with Crippen LogP contribution in [-0.2, 0) is 9.59 Å². The van der Waals surface area contributed by atoms with Crippen LogP contribution in [0, 0.1) is 11.8 Å². The summed E-state index contributed by atoms with van der Waals surface area (Å²) < 4.78 is 1.75. The molecule has 1 aromatic rings. The summed E-state index contributed by atoms with van der Waals surface area (Å²) in [5, 5.41) is 15.9. The molecule has 2 N–H and O–H groups in total. The maximum atomic E-state index is 12.0. The van der Waals surface area contributed by atoms with E-state index in [4.69, 9.17) is 5.11 Å². The molecular weight excluding hydrogens is 272 g/mol. The Morgan fingerprint density at radius 2 is 2.10 bits per heavy atom. The molecule has 116 valence electrons. The number of amides is 1. The van der Waals surface area contributed by atoms with E-state index in [0.29, 0.717) is 18.9 Å². The fraction of sp³-hybridized carbons (Fsp3) is 0.643. The number of carbonyl (C=O) groups is 2. The van der Waals surface area contributed by atoms with E-state index in [-0.39, 0.29) is 30.3 Å². The van der Waals surface area contributed by atoms with Crippen molar-refractivity contribution in [1.82, 2.24) is 14.7 Å². The molecular formula is C14H22N4O3. The first kappa shape index (κ1) is 15.5. The number of hydrogen-bond donors (Lipinski definition) is 2. The standard InChI is InChI=1S/C14H22N4O3/c1-9(2)18-12(4-5-15-18)16-13(19)8-17-6-11(7-17)10(3)14(20)21/h4-5,9-11H,6-8H2,1-3H3,(H,16,19)(H,20,21). The number of anilines is 1. The minimum atomic E-state index is -0.773. The van der Waals surface area contributed by atoms with Gasteiger partial charge in [0.2, 0.25) is 5.91 Å². The summed E-state index contributed by atoms with van der Waals surface area (Å²) in [6.07, 6.45) is 1.66. The van der Waals surface area contributed by atoms with Crippen molar-refractivity contribution in [1.29, 1.82) is 0 Å². The van der Waals surface area contributed by atoms with Crippen LogP contribution in [0.1, 0.15) is 26.8 Å². The zero-order chi connectivity index (χ0) is 15.6. The van der Waals surface area contributed by atoms with Crippen molar-refractivity contribution in [2.24, 2.45) is 11.8 Å². The van der Waals surface area contributed by atoms with Crippen LogP contribution in [0.25, 0.3) is 0 Å². The van der Waals surface area contributed by atoms with E-state index in [1.807, 2.05) is 18.7 Å². The van der Waals surface area contributed by atoms with Gasteiger partial charge in [-0.1, -0.05) is 6.92 Å². The van der Waals surface area contributed by atoms with Crippen molar-refractivity contribution >= 4 is 17.7 Å². The van der Waals surface area contributed by atoms with E-state index in [1.165, 1.54) is 0 Å². The van der Waals surface area contributed by atoms with Crippen LogP contribution in [-0.4, -0.2) is 51.3 Å². The summed E-state index contributed by atoms with van der Waals surface area (Å²) in [5.41, 5.74) is 0. The number of likely N-dealkylation sites (tertiary alicyclic amines) is 1. The number of nitrogens with zero attached hydrogens (tertiary/aromatic N) is 3. The van der Waals surface area contributed by atoms with Gasteiger partial charge in [0.1, 0.15) is 5.82 Å². The fourth-order valence-corrected chi connectivity index (χ4v) is 2.47. The topological polar surface area (TPSA) is 87.5 Å². The van der Waals surface area contributed by atoms with Gasteiger partial charge in [-0.25, -0.2) is 4.68 Å². The molecule has 1 aliphatic heterocycles. The molecule has 1 atom stereocenters. The average molecular weight is 294 g/mol. The Morgan fingerprint density at radius 1 is 1.43 bits per heavy atom. The summed E-state index contributed by atoms with van der Waals surface area (Å²) in [7, 11) is 0. The van der Waals surface area contributed by atoms with Crippen molar-refractivity contribution < 1.29 is 14.7 Å². The van der Waals surface area contributed by atoms with Gasteiger partial charge in [-0.3, -0.25) is 14.5 Å². The van der Waals surface area contributed by atoms with Crippen LogP contribution in [0.2, 0.25) is 0 Å². The Kier molecular flexibility index (Phi) is 4.62. The van der Waals surface area contributed by atoms with Gasteiger partial charge in [-0.15, -0.1) is 0 Å². The number of nitrogens with one attached hydrogen (secondary N) is 1. The Balaban J connectivity index is 1.79. The Bertz CT molecular complexity index is 520. The van der Waals surface area contributed by atoms with Crippen LogP contribution in [0.5, 0.6) is 0 Å². The maximum Gasteiger partial charge on any atom is 0.306 e. The lowest BCUT2D eigenvalue weighted by molar-refractivity contribution is -0.145. The average Bonchev–Trinajstić information content (AvgIpc) is 2.80. The first-order valence-electron chi connectivity index (χ1n) is 7.17. The molecule has 2 heterocycles. The van der Waals surface area contributed by atoms with Crippen molar-refractivity contribution in [3.05, 3.63) is 12.3 Å². The first-order chi connectivity index (χ1) is 9.88. The minimum Gasteiger partial charge on any atom is -0.481 e. The van der Waals surface area contributed by atoms with Gasteiger partial charge in [-0.2, -0.15) is 5.10 Å². The lowest BCUT2D eigenvalue weighted by atomic mass is 9.87. The molecule has 1 amide bonds. The molecule has 0 aromatic carbocycles. The van der Waals surface area contributed by atoms with Gasteiger partial charge in [-0.05, 0) is 19.8 Å². The second-order valence-corrected chi connectivity index (χ2v) is 5.88. The molecule has 0 saturated carbocycles. The molecule has 7 nitrogen and oxygen atoms in total. The summed E-state index contributed by atoms with van der Waals surface area (Å²) in [6, 6.07) is 1.95. The predicted octanol–water partition coefficient (Wildman–Crippen LogP) is 1.05. The van der Waals surface area contributed by atoms with Gasteiger partial charge in [0.15, 0.2) is 0 Å². The molecule has 1 saturated heterocycles. The van der Waals surface area contributed by atoms with Gasteiger partial charge in [0, 0.05) is 25.2 Å². The van der Waals surface area contributed by atoms with Crippen LogP contribution >= 0.6 is 0 Å². The van der Waals surface area contributed by atoms with Crippen molar-refractivity contribution in [2.75, 3.05) is 25.0 Å². The zero-order valence-electron chi connectivity index (χ0n) is 12.6. The van der Waals surface area contributed by atoms with Crippen molar-refractivity contribution in [2.45, 2.75) is 26.8 Å². The molecule has 1 aromatic heterocycles. The van der Waals surface area contributed by atoms with Gasteiger partial charge < -0.3 is 10.4 Å². The largest absolute Gasteiger partial charge is 0.481 e. The van der Waals surface area contributed by atoms with E-state index in [2.05, 4.69) is 10.4 Å². The van der Waals surface area contributed by atoms with Gasteiger partial charge in [0.25, 0.3) is 0 Å². The number of hydrogen-bond acceptors (Lipinski definition) is 4. The third kappa shape index (κ3) is 3.60. The van der Waals surface area contributed by atoms with Crippen molar-refractivity contribution in [3.8, 4) is 0 Å². The fourth-order valence-electron chi connectivity index (χ4n) is 2.47. The maximum absolute atomic E-state index is 12.0. The normalized spacial score (nSPS) is 17.5. The van der Waals surface area contributed by atoms with E-state index < -0.39 is 5.97 Å². The molecule has 2 rings (SSSR count). The first-order valence-corrected chi connectivity index (χ1v) is 7.17. The lowest BCUT2D eigenvalue weighted by Crippen LogP contribution is -2.53. The Labute approximate surface area is 123 Å². The molecule has 0 spiro atoms. The molecule has 1 fully saturated rings. The van der Waals surface area contributed by atoms with E-state index in [0.717, 1.165) is 0 Å². The quantitative estimate of drug-likeness (QED) is 0.819. The molecule has 0 bridgehead atoms. The van der Waals surface area contributed by atoms with E-state index in [1.54, 1.807) is 23.9 Å². The van der Waals surface area contributed by atoms with Crippen LogP contribution in [0.4, 0.5) is 5.82 Å². The zero-order valence-corrected chi connectivity index (χ0v) is 12.6. The summed E-state index contributed by atoms with van der Waals surface area (Å²) >= 11 is 0. The molecule has 1 aliphatic rings. The smallest absolute Gasteiger partial charge is 0.306 e. The van der Waals surface area contributed by atoms with Crippen LogP contribution < -0.4 is 5.32 Å². The number of rotatable bonds is 6. The van der Waals surface area contributed by atoms with E-state index in [9.17, 15) is 9.59 Å². The minimum absolute atomic E-state index is 0.0983. The molecule has 0 radical (unpaired) electrons. The second kappa shape index (κ2) is 6.26. The highest BCUT2D eigenvalue weighted by molar-refractivity contribution is 5.91. The molecule has 1 unspecified atom stereocenters. The highest BCUT2D eigenvalue weighted by atomic mass is 16.4. The number of carboxylic acids is 1. The monoisotopic (exact) mass is 294 g/mol. The van der Waals surface area contributed by atoms with Gasteiger partial charge >= 0.3 is 5.97 Å². The predicted molar refractivity (Wildman–Crippen MR) is 78.0 cm³/mol. The highest BCUT2D eigenvalue weighted by Gasteiger charge is 2.35. The SMILES string of the molecule is CC(C(=O)O)C1CN(CC(=O)Nc2ccnn2C(C)C)C1. The second-order valence-electron chi connectivity index (χ2n) is 5.88. The lowest BCUT2D eigenvalue weighted by Gasteiger charge is -2.40. The molecule has 0 aliphatic carbocycles. The van der Waals surface area contributed by atoms with Crippen molar-refractivity contribution in [3.63, 3.8) is 0 Å².